The number of aliphatic hydroxyl groups excluding tert-OH is 2. The summed E-state index contributed by atoms with van der Waals surface area (Å²) in [7, 11) is 9.63. The van der Waals surface area contributed by atoms with E-state index in [0.29, 0.717) is 0 Å². The van der Waals surface area contributed by atoms with Crippen LogP contribution in [0.25, 0.3) is 0 Å². The van der Waals surface area contributed by atoms with Gasteiger partial charge in [-0.3, -0.25) is 52.7 Å². The Morgan fingerprint density at radius 1 is 0.419 bits per heavy atom. The number of carbonyl (C=O) groups excluding carboxylic acids is 11. The highest BCUT2D eigenvalue weighted by Crippen LogP contribution is 2.25. The lowest BCUT2D eigenvalue weighted by atomic mass is 9.93. The van der Waals surface area contributed by atoms with E-state index in [1.807, 2.05) is 69.2 Å². The lowest BCUT2D eigenvalue weighted by molar-refractivity contribution is -0.156. The van der Waals surface area contributed by atoms with Crippen LogP contribution in [0, 0.1) is 41.4 Å². The molecule has 1 rings (SSSR count). The minimum atomic E-state index is -1.75. The van der Waals surface area contributed by atoms with Crippen molar-refractivity contribution in [3.05, 3.63) is 12.2 Å². The number of rotatable bonds is 15. The molecule has 1 aliphatic rings. The van der Waals surface area contributed by atoms with Crippen LogP contribution in [0.5, 0.6) is 0 Å². The van der Waals surface area contributed by atoms with E-state index in [1.54, 1.807) is 39.8 Å². The van der Waals surface area contributed by atoms with Gasteiger partial charge in [0, 0.05) is 55.3 Å². The zero-order valence-electron chi connectivity index (χ0n) is 56.4. The molecule has 86 heavy (non-hydrogen) atoms. The van der Waals surface area contributed by atoms with Crippen molar-refractivity contribution in [1.82, 2.24) is 55.6 Å². The summed E-state index contributed by atoms with van der Waals surface area (Å²) in [5.41, 5.74) is 0. The van der Waals surface area contributed by atoms with Crippen LogP contribution in [0.3, 0.4) is 0 Å². The van der Waals surface area contributed by atoms with Gasteiger partial charge < -0.3 is 65.8 Å². The van der Waals surface area contributed by atoms with E-state index in [9.17, 15) is 53.4 Å². The highest BCUT2D eigenvalue weighted by molar-refractivity contribution is 5.99. The van der Waals surface area contributed by atoms with Gasteiger partial charge in [0.15, 0.2) is 0 Å². The number of aliphatic hydroxyl groups is 2. The third-order valence-corrected chi connectivity index (χ3v) is 16.0. The minimum absolute atomic E-state index is 0.0548. The van der Waals surface area contributed by atoms with Gasteiger partial charge in [-0.1, -0.05) is 102 Å². The monoisotopic (exact) mass is 1220 g/mol. The quantitative estimate of drug-likeness (QED) is 0.129. The van der Waals surface area contributed by atoms with Gasteiger partial charge in [-0.2, -0.15) is 0 Å². The number of hydrogen-bond acceptors (Lipinski definition) is 13. The van der Waals surface area contributed by atoms with Gasteiger partial charge in [0.2, 0.25) is 65.0 Å². The molecule has 0 aromatic heterocycles. The van der Waals surface area contributed by atoms with E-state index >= 15 is 9.59 Å². The Morgan fingerprint density at radius 2 is 0.767 bits per heavy atom. The van der Waals surface area contributed by atoms with Gasteiger partial charge in [-0.05, 0) is 95.3 Å². The summed E-state index contributed by atoms with van der Waals surface area (Å²) in [5.74, 6) is -10.4. The summed E-state index contributed by atoms with van der Waals surface area (Å²) in [5, 5.41) is 33.9. The molecular weight excluding hydrogens is 1110 g/mol. The highest BCUT2D eigenvalue weighted by atomic mass is 16.3. The zero-order chi connectivity index (χ0) is 66.8. The summed E-state index contributed by atoms with van der Waals surface area (Å²) in [6.45, 7) is 28.6. The van der Waals surface area contributed by atoms with Crippen LogP contribution in [0.1, 0.15) is 150 Å². The fourth-order valence-corrected chi connectivity index (χ4v) is 10.6. The van der Waals surface area contributed by atoms with Crippen molar-refractivity contribution in [1.29, 1.82) is 0 Å². The van der Waals surface area contributed by atoms with Crippen molar-refractivity contribution in [2.45, 2.75) is 222 Å². The first-order chi connectivity index (χ1) is 39.6. The lowest BCUT2D eigenvalue weighted by Gasteiger charge is -2.41. The fourth-order valence-electron chi connectivity index (χ4n) is 10.6. The highest BCUT2D eigenvalue weighted by Gasteiger charge is 2.45. The largest absolute Gasteiger partial charge is 0.391 e. The molecule has 1 heterocycles. The van der Waals surface area contributed by atoms with Gasteiger partial charge in [-0.15, -0.1) is 0 Å². The van der Waals surface area contributed by atoms with Crippen LogP contribution < -0.4 is 21.3 Å². The molecule has 13 atom stereocenters. The van der Waals surface area contributed by atoms with Crippen molar-refractivity contribution in [3.63, 3.8) is 0 Å². The predicted molar refractivity (Wildman–Crippen MR) is 330 cm³/mol. The lowest BCUT2D eigenvalue weighted by Crippen LogP contribution is -2.64. The smallest absolute Gasteiger partial charge is 0.248 e. The van der Waals surface area contributed by atoms with Crippen LogP contribution in [0.15, 0.2) is 12.2 Å². The Morgan fingerprint density at radius 3 is 1.16 bits per heavy atom. The van der Waals surface area contributed by atoms with Crippen LogP contribution in [-0.2, 0) is 52.7 Å². The summed E-state index contributed by atoms with van der Waals surface area (Å²) < 4.78 is 0. The molecule has 24 nitrogen and oxygen atoms in total. The van der Waals surface area contributed by atoms with E-state index in [2.05, 4.69) is 21.3 Å². The number of nitrogens with one attached hydrogen (secondary N) is 4. The maximum Gasteiger partial charge on any atom is 0.248 e. The second-order valence-corrected chi connectivity index (χ2v) is 26.4. The molecule has 0 spiro atoms. The third kappa shape index (κ3) is 21.9. The van der Waals surface area contributed by atoms with Crippen LogP contribution in [0.4, 0.5) is 0 Å². The molecular formula is C62H111N11O13. The number of nitrogens with zero attached hydrogens (tertiary/aromatic N) is 7. The average Bonchev–Trinajstić information content (AvgIpc) is 1.39. The van der Waals surface area contributed by atoms with Crippen molar-refractivity contribution in [2.24, 2.45) is 41.4 Å². The Labute approximate surface area is 513 Å². The molecule has 6 N–H and O–H groups in total. The van der Waals surface area contributed by atoms with Gasteiger partial charge in [0.05, 0.1) is 18.8 Å². The van der Waals surface area contributed by atoms with Gasteiger partial charge in [0.25, 0.3) is 0 Å². The molecule has 1 fully saturated rings. The van der Waals surface area contributed by atoms with Crippen LogP contribution in [-0.4, -0.2) is 238 Å². The van der Waals surface area contributed by atoms with E-state index in [4.69, 9.17) is 0 Å². The van der Waals surface area contributed by atoms with Crippen molar-refractivity contribution in [3.8, 4) is 0 Å². The average molecular weight is 1220 g/mol. The summed E-state index contributed by atoms with van der Waals surface area (Å²) in [6, 6.07) is -13.2. The van der Waals surface area contributed by atoms with Gasteiger partial charge >= 0.3 is 0 Å². The van der Waals surface area contributed by atoms with Gasteiger partial charge in [-0.25, -0.2) is 0 Å². The van der Waals surface area contributed by atoms with E-state index < -0.39 is 156 Å². The van der Waals surface area contributed by atoms with Crippen molar-refractivity contribution >= 4 is 65.0 Å². The Kier molecular flexibility index (Phi) is 31.7. The SMILES string of the molecule is C/C=C/[C@H](C)[C@@H](O)[C@@H]1C(=O)N[C@@H](C(C)O)C(=O)N(C)CC(=O)N(C)[C@@H](CC(C)C)C(=O)N[C@H](C(C)C)C(=O)N(C)[C@@H](CC(C)C)C(=O)N[C@H](C)C(=O)N[C@@H](C)C(=O)N(C)[C@H](CC(C)C)C(=O)N(C)[C@@H](CC(C)C)C(=O)N(C)[C@H](CC(C)C)C(=O)N1C. The number of carbonyl (C=O) groups is 11. The van der Waals surface area contributed by atoms with Gasteiger partial charge in [0.1, 0.15) is 60.4 Å². The molecule has 1 aliphatic heterocycles. The molecule has 0 aliphatic carbocycles. The molecule has 11 amide bonds. The maximum atomic E-state index is 15.2. The molecule has 492 valence electrons. The van der Waals surface area contributed by atoms with E-state index in [1.165, 1.54) is 89.7 Å². The first-order valence-electron chi connectivity index (χ1n) is 30.6. The maximum absolute atomic E-state index is 15.2. The minimum Gasteiger partial charge on any atom is -0.391 e. The normalized spacial score (nSPS) is 27.1. The molecule has 1 saturated heterocycles. The van der Waals surface area contributed by atoms with Crippen LogP contribution >= 0.6 is 0 Å². The first-order valence-corrected chi connectivity index (χ1v) is 30.6. The Bertz CT molecular complexity index is 2360. The Balaban J connectivity index is 4.38. The number of allylic oxidation sites excluding steroid dienone is 1. The molecule has 24 heteroatoms. The summed E-state index contributed by atoms with van der Waals surface area (Å²) in [6.07, 6.45) is 0.607. The summed E-state index contributed by atoms with van der Waals surface area (Å²) >= 11 is 0. The first kappa shape index (κ1) is 77.8. The third-order valence-electron chi connectivity index (χ3n) is 16.0. The number of likely N-dealkylation sites (N-methyl/N-ethyl adjacent to an activating group) is 7. The Hall–Kier alpha value is -6.17. The molecule has 0 radical (unpaired) electrons. The molecule has 0 bridgehead atoms. The zero-order valence-corrected chi connectivity index (χ0v) is 56.4. The molecule has 1 unspecified atom stereocenters. The number of amides is 11. The molecule has 0 saturated carbocycles. The molecule has 0 aromatic carbocycles. The second-order valence-electron chi connectivity index (χ2n) is 26.4. The predicted octanol–water partition coefficient (Wildman–Crippen LogP) is 2.24. The second kappa shape index (κ2) is 35.0. The summed E-state index contributed by atoms with van der Waals surface area (Å²) in [4.78, 5) is 168. The van der Waals surface area contributed by atoms with Crippen molar-refractivity contribution in [2.75, 3.05) is 55.9 Å². The van der Waals surface area contributed by atoms with E-state index in [0.717, 1.165) is 14.7 Å². The molecule has 0 aromatic rings. The van der Waals surface area contributed by atoms with Crippen molar-refractivity contribution < 1.29 is 63.0 Å². The standard InChI is InChI=1S/C62H111N11O13/c1-25-26-39(14)52(76)51-56(80)66-50(42(17)74)61(85)67(18)32-48(75)68(19)43(27-33(2)3)55(79)65-49(38(12)13)62(86)69(20)44(28-34(4)5)54(78)63-40(15)53(77)64-41(16)57(81)70(21)45(29-35(6)7)58(82)71(22)46(30-36(8)9)59(83)72(23)47(31-37(10)11)60(84)73(51)24/h25-26,33-47,49-52,74,76H,27-32H2,1-24H3,(H,63,78)(H,64,77)(H,65,79)(H,66,80)/b26-25+/t39-,40+,41-,42?,43-,44-,45+,46-,47+,49+,50-,51+,52+/m0/s1. The van der Waals surface area contributed by atoms with Crippen LogP contribution in [0.2, 0.25) is 0 Å². The van der Waals surface area contributed by atoms with E-state index in [-0.39, 0.29) is 61.7 Å². The number of hydrogen-bond donors (Lipinski definition) is 6. The topological polar surface area (TPSA) is 299 Å². The fraction of sp³-hybridized carbons (Fsp3) is 0.790.